The summed E-state index contributed by atoms with van der Waals surface area (Å²) in [6.07, 6.45) is 8.07. The van der Waals surface area contributed by atoms with Crippen LogP contribution in [0.4, 0.5) is 0 Å². The van der Waals surface area contributed by atoms with Crippen molar-refractivity contribution in [2.24, 2.45) is 0 Å². The van der Waals surface area contributed by atoms with E-state index in [1.165, 1.54) is 87.0 Å². The summed E-state index contributed by atoms with van der Waals surface area (Å²) in [4.78, 5) is 5.17. The van der Waals surface area contributed by atoms with Gasteiger partial charge in [0.2, 0.25) is 0 Å². The number of nitrogens with zero attached hydrogens (tertiary/aromatic N) is 4. The number of rotatable bonds is 12. The molecule has 4 aromatic rings. The molecule has 0 bridgehead atoms. The first-order chi connectivity index (χ1) is 22.7. The molecule has 0 saturated carbocycles. The maximum absolute atomic E-state index is 5.17. The van der Waals surface area contributed by atoms with Crippen LogP contribution in [0.5, 0.6) is 0 Å². The van der Waals surface area contributed by atoms with Gasteiger partial charge in [0.1, 0.15) is 0 Å². The Kier molecular flexibility index (Phi) is 16.5. The van der Waals surface area contributed by atoms with Gasteiger partial charge >= 0.3 is 23.1 Å². The molecule has 4 aromatic carbocycles. The molecule has 0 spiro atoms. The molecule has 2 saturated heterocycles. The van der Waals surface area contributed by atoms with Crippen molar-refractivity contribution >= 4 is 23.1 Å². The second kappa shape index (κ2) is 20.8. The van der Waals surface area contributed by atoms with Crippen molar-refractivity contribution in [3.8, 4) is 0 Å². The third-order valence-corrected chi connectivity index (χ3v) is 9.50. The monoisotopic (exact) mass is 638 g/mol. The molecule has 0 aromatic heterocycles. The molecule has 4 atom stereocenters. The molecule has 47 heavy (non-hydrogen) atoms. The average Bonchev–Trinajstić information content (AvgIpc) is 3.13. The Balaban J connectivity index is 0.000000208. The average molecular weight is 639 g/mol. The number of hydrogen-bond acceptors (Lipinski definition) is 2. The van der Waals surface area contributed by atoms with E-state index < -0.39 is 0 Å². The summed E-state index contributed by atoms with van der Waals surface area (Å²) in [6, 6.07) is 43.8. The van der Waals surface area contributed by atoms with Crippen LogP contribution >= 0.6 is 0 Å². The summed E-state index contributed by atoms with van der Waals surface area (Å²) in [5.41, 5.74) is 5.26. The van der Waals surface area contributed by atoms with Crippen LogP contribution in [0.3, 0.4) is 0 Å². The zero-order valence-electron chi connectivity index (χ0n) is 28.8. The van der Waals surface area contributed by atoms with Gasteiger partial charge in [0.15, 0.2) is 0 Å². The van der Waals surface area contributed by atoms with E-state index in [1.54, 1.807) is 0 Å². The van der Waals surface area contributed by atoms with Crippen molar-refractivity contribution in [1.82, 2.24) is 9.80 Å². The van der Waals surface area contributed by atoms with Crippen LogP contribution in [0, 0.1) is 0 Å². The van der Waals surface area contributed by atoms with E-state index in [0.717, 1.165) is 13.1 Å². The summed E-state index contributed by atoms with van der Waals surface area (Å²) < 4.78 is 0. The van der Waals surface area contributed by atoms with E-state index in [4.69, 9.17) is 10.6 Å². The van der Waals surface area contributed by atoms with Gasteiger partial charge in [0.05, 0.1) is 0 Å². The van der Waals surface area contributed by atoms with Crippen LogP contribution in [-0.2, 0) is 0 Å². The maximum atomic E-state index is 5.17. The van der Waals surface area contributed by atoms with Gasteiger partial charge in [0, 0.05) is 0 Å². The van der Waals surface area contributed by atoms with Gasteiger partial charge in [-0.3, -0.25) is 0 Å². The minimum atomic E-state index is 0. The van der Waals surface area contributed by atoms with Crippen LogP contribution in [0.1, 0.15) is 98.8 Å². The number of hydrogen-bond donors (Lipinski definition) is 0. The van der Waals surface area contributed by atoms with Crippen molar-refractivity contribution in [3.63, 3.8) is 0 Å². The molecular weight excluding hydrogens is 585 g/mol. The summed E-state index contributed by atoms with van der Waals surface area (Å²) >= 11 is 0. The van der Waals surface area contributed by atoms with Gasteiger partial charge in [0.25, 0.3) is 0 Å². The van der Waals surface area contributed by atoms with E-state index in [1.807, 2.05) is 0 Å². The number of piperidine rings is 2. The molecular formula is C42H54MgN4. The first kappa shape index (κ1) is 37.3. The van der Waals surface area contributed by atoms with Gasteiger partial charge in [-0.15, -0.1) is 12.1 Å². The number of likely N-dealkylation sites (tertiary alicyclic amines) is 2. The molecule has 2 aliphatic rings. The molecule has 4 nitrogen and oxygen atoms in total. The minimum absolute atomic E-state index is 0. The van der Waals surface area contributed by atoms with Crippen molar-refractivity contribution in [2.75, 3.05) is 39.3 Å². The zero-order valence-corrected chi connectivity index (χ0v) is 30.3. The quantitative estimate of drug-likeness (QED) is 0.145. The first-order valence-corrected chi connectivity index (χ1v) is 17.7. The zero-order chi connectivity index (χ0) is 31.8. The molecule has 244 valence electrons. The molecule has 0 aliphatic carbocycles. The van der Waals surface area contributed by atoms with Gasteiger partial charge in [-0.25, -0.2) is 0 Å². The third-order valence-electron chi connectivity index (χ3n) is 9.50. The Labute approximate surface area is 301 Å². The van der Waals surface area contributed by atoms with Crippen molar-refractivity contribution < 1.29 is 0 Å². The van der Waals surface area contributed by atoms with Crippen LogP contribution in [0.2, 0.25) is 0 Å². The van der Waals surface area contributed by atoms with Crippen LogP contribution in [0.15, 0.2) is 121 Å². The standard InChI is InChI=1S/2C21H27N2.Mg/c2*1-18(19-11-5-2-6-12-19)22-21(20-13-7-3-8-14-20)17-23-15-9-4-10-16-23;/h2*2-3,5-8,11-14,18,21H,4,9-10,15-17H2,1H3;/q2*-1;+2/t2*18-,21+;/m11./s1. The molecule has 2 fully saturated rings. The van der Waals surface area contributed by atoms with Crippen molar-refractivity contribution in [1.29, 1.82) is 0 Å². The SMILES string of the molecule is C[C@@H]([N-][C@@H](CN1CCCCC1)c1ccccc1)c1ccccc1.C[C@@H]([N-][C@@H](CN1CCCCC1)c1ccccc1)c1ccccc1.[Mg+2]. The predicted molar refractivity (Wildman–Crippen MR) is 201 cm³/mol. The Morgan fingerprint density at radius 3 is 1.00 bits per heavy atom. The normalized spacial score (nSPS) is 18.1. The van der Waals surface area contributed by atoms with E-state index in [-0.39, 0.29) is 47.2 Å². The Bertz CT molecular complexity index is 1240. The fourth-order valence-electron chi connectivity index (χ4n) is 6.78. The largest absolute Gasteiger partial charge is 2.00 e. The summed E-state index contributed by atoms with van der Waals surface area (Å²) in [5, 5.41) is 10.3. The third kappa shape index (κ3) is 12.5. The van der Waals surface area contributed by atoms with Gasteiger partial charge in [-0.1, -0.05) is 182 Å². The molecule has 0 amide bonds. The molecule has 2 aliphatic heterocycles. The fraction of sp³-hybridized carbons (Fsp3) is 0.429. The molecule has 0 radical (unpaired) electrons. The maximum Gasteiger partial charge on any atom is 2.00 e. The van der Waals surface area contributed by atoms with Crippen molar-refractivity contribution in [3.05, 3.63) is 154 Å². The van der Waals surface area contributed by atoms with Crippen molar-refractivity contribution in [2.45, 2.75) is 76.5 Å². The molecule has 2 heterocycles. The van der Waals surface area contributed by atoms with E-state index >= 15 is 0 Å². The smallest absolute Gasteiger partial charge is 0.648 e. The minimum Gasteiger partial charge on any atom is -0.648 e. The molecule has 0 N–H and O–H groups in total. The Hall–Kier alpha value is -2.51. The van der Waals surface area contributed by atoms with Crippen LogP contribution < -0.4 is 0 Å². The molecule has 5 heteroatoms. The summed E-state index contributed by atoms with van der Waals surface area (Å²) in [5.74, 6) is 0. The van der Waals surface area contributed by atoms with Gasteiger partial charge in [-0.05, 0) is 65.0 Å². The molecule has 0 unspecified atom stereocenters. The second-order valence-corrected chi connectivity index (χ2v) is 13.0. The van der Waals surface area contributed by atoms with Gasteiger partial charge in [-0.2, -0.15) is 0 Å². The first-order valence-electron chi connectivity index (χ1n) is 17.7. The summed E-state index contributed by atoms with van der Waals surface area (Å²) in [6.45, 7) is 11.4. The van der Waals surface area contributed by atoms with Crippen LogP contribution in [0.25, 0.3) is 10.6 Å². The number of benzene rings is 4. The van der Waals surface area contributed by atoms with Crippen LogP contribution in [-0.4, -0.2) is 72.1 Å². The fourth-order valence-corrected chi connectivity index (χ4v) is 6.78. The van der Waals surface area contributed by atoms with Gasteiger partial charge < -0.3 is 20.4 Å². The van der Waals surface area contributed by atoms with E-state index in [9.17, 15) is 0 Å². The van der Waals surface area contributed by atoms with E-state index in [0.29, 0.717) is 0 Å². The summed E-state index contributed by atoms with van der Waals surface area (Å²) in [7, 11) is 0. The topological polar surface area (TPSA) is 34.7 Å². The Morgan fingerprint density at radius 2 is 0.702 bits per heavy atom. The Morgan fingerprint density at radius 1 is 0.426 bits per heavy atom. The van der Waals surface area contributed by atoms with E-state index in [2.05, 4.69) is 145 Å². The predicted octanol–water partition coefficient (Wildman–Crippen LogP) is 10.3. The molecule has 6 rings (SSSR count). The second-order valence-electron chi connectivity index (χ2n) is 13.0.